The van der Waals surface area contributed by atoms with Crippen molar-refractivity contribution in [3.63, 3.8) is 0 Å². The van der Waals surface area contributed by atoms with Crippen molar-refractivity contribution >= 4 is 23.6 Å². The van der Waals surface area contributed by atoms with Crippen molar-refractivity contribution in [3.8, 4) is 0 Å². The minimum Gasteiger partial charge on any atom is -0.481 e. The van der Waals surface area contributed by atoms with Crippen molar-refractivity contribution in [3.05, 3.63) is 0 Å². The van der Waals surface area contributed by atoms with Crippen LogP contribution in [0.5, 0.6) is 0 Å². The minimum absolute atomic E-state index is 0.0309. The maximum Gasteiger partial charge on any atom is 0.304 e. The van der Waals surface area contributed by atoms with E-state index in [1.54, 1.807) is 5.37 Å². The molecular weight excluding hydrogens is 150 g/mol. The molecule has 0 aliphatic heterocycles. The summed E-state index contributed by atoms with van der Waals surface area (Å²) in [5, 5.41) is 9.84. The van der Waals surface area contributed by atoms with Gasteiger partial charge in [0.1, 0.15) is 0 Å². The fraction of sp³-hybridized carbons (Fsp3) is 0.667. The van der Waals surface area contributed by atoms with Gasteiger partial charge in [-0.3, -0.25) is 4.79 Å². The Hall–Kier alpha value is -0.480. The van der Waals surface area contributed by atoms with E-state index in [0.717, 1.165) is 0 Å². The fourth-order valence-electron chi connectivity index (χ4n) is 0.608. The number of hydrogen-bond acceptors (Lipinski definition) is 3. The highest BCUT2D eigenvalue weighted by Gasteiger charge is 2.05. The second-order valence-corrected chi connectivity index (χ2v) is 2.44. The standard InChI is InChI=1S/C6H11NO2S/c7-5(2-1-3-10)4-6(8)9/h3,5H,1-2,4,7H2,(H,8,9). The Morgan fingerprint density at radius 2 is 2.40 bits per heavy atom. The largest absolute Gasteiger partial charge is 0.481 e. The highest BCUT2D eigenvalue weighted by molar-refractivity contribution is 7.78. The molecule has 0 saturated heterocycles. The smallest absolute Gasteiger partial charge is 0.304 e. The lowest BCUT2D eigenvalue weighted by molar-refractivity contribution is -0.137. The van der Waals surface area contributed by atoms with E-state index >= 15 is 0 Å². The summed E-state index contributed by atoms with van der Waals surface area (Å²) in [5.74, 6) is -0.850. The molecule has 0 saturated carbocycles. The van der Waals surface area contributed by atoms with Gasteiger partial charge in [0.05, 0.1) is 6.42 Å². The molecule has 10 heavy (non-hydrogen) atoms. The zero-order valence-corrected chi connectivity index (χ0v) is 6.43. The first kappa shape index (κ1) is 9.52. The van der Waals surface area contributed by atoms with Crippen LogP contribution < -0.4 is 5.73 Å². The number of hydrogen-bond donors (Lipinski definition) is 2. The lowest BCUT2D eigenvalue weighted by Crippen LogP contribution is -2.23. The van der Waals surface area contributed by atoms with Crippen LogP contribution in [0.15, 0.2) is 0 Å². The van der Waals surface area contributed by atoms with Gasteiger partial charge in [0, 0.05) is 6.04 Å². The van der Waals surface area contributed by atoms with Gasteiger partial charge in [-0.15, -0.1) is 0 Å². The highest BCUT2D eigenvalue weighted by Crippen LogP contribution is 1.96. The normalized spacial score (nSPS) is 12.5. The minimum atomic E-state index is -0.850. The Balaban J connectivity index is 3.33. The molecule has 0 radical (unpaired) electrons. The molecular formula is C6H11NO2S. The number of rotatable bonds is 5. The number of carboxylic acids is 1. The predicted octanol–water partition coefficient (Wildman–Crippen LogP) is 0.568. The summed E-state index contributed by atoms with van der Waals surface area (Å²) in [6, 6.07) is -0.253. The first-order chi connectivity index (χ1) is 4.66. The van der Waals surface area contributed by atoms with Gasteiger partial charge in [-0.1, -0.05) is 12.2 Å². The topological polar surface area (TPSA) is 63.3 Å². The van der Waals surface area contributed by atoms with Crippen molar-refractivity contribution in [2.45, 2.75) is 25.3 Å². The van der Waals surface area contributed by atoms with Crippen LogP contribution in [-0.2, 0) is 4.79 Å². The lowest BCUT2D eigenvalue weighted by Gasteiger charge is -2.04. The van der Waals surface area contributed by atoms with Gasteiger partial charge in [-0.2, -0.15) is 0 Å². The zero-order valence-electron chi connectivity index (χ0n) is 5.62. The quantitative estimate of drug-likeness (QED) is 0.578. The summed E-state index contributed by atoms with van der Waals surface area (Å²) in [5.41, 5.74) is 5.41. The van der Waals surface area contributed by atoms with Crippen LogP contribution in [0.25, 0.3) is 0 Å². The molecule has 0 rings (SSSR count). The molecule has 0 aromatic heterocycles. The third kappa shape index (κ3) is 5.65. The van der Waals surface area contributed by atoms with Crippen LogP contribution >= 0.6 is 12.2 Å². The molecule has 0 heterocycles. The van der Waals surface area contributed by atoms with E-state index < -0.39 is 5.97 Å². The van der Waals surface area contributed by atoms with E-state index in [2.05, 4.69) is 12.2 Å². The van der Waals surface area contributed by atoms with Crippen LogP contribution in [0, 0.1) is 0 Å². The van der Waals surface area contributed by atoms with E-state index in [9.17, 15) is 4.79 Å². The molecule has 3 nitrogen and oxygen atoms in total. The van der Waals surface area contributed by atoms with Crippen molar-refractivity contribution < 1.29 is 9.90 Å². The molecule has 0 aromatic carbocycles. The lowest BCUT2D eigenvalue weighted by atomic mass is 10.1. The number of thiocarbonyl (C=S) groups is 1. The molecule has 0 aromatic rings. The van der Waals surface area contributed by atoms with Crippen LogP contribution in [0.2, 0.25) is 0 Å². The Kier molecular flexibility index (Phi) is 5.06. The second-order valence-electron chi connectivity index (χ2n) is 2.10. The molecule has 58 valence electrons. The van der Waals surface area contributed by atoms with E-state index in [0.29, 0.717) is 12.8 Å². The van der Waals surface area contributed by atoms with Crippen LogP contribution in [-0.4, -0.2) is 22.5 Å². The van der Waals surface area contributed by atoms with Crippen LogP contribution in [0.1, 0.15) is 19.3 Å². The highest BCUT2D eigenvalue weighted by atomic mass is 32.1. The van der Waals surface area contributed by atoms with Crippen molar-refractivity contribution in [2.75, 3.05) is 0 Å². The second kappa shape index (κ2) is 5.32. The molecule has 0 bridgehead atoms. The summed E-state index contributed by atoms with van der Waals surface area (Å²) in [7, 11) is 0. The monoisotopic (exact) mass is 161 g/mol. The number of carbonyl (C=O) groups is 1. The van der Waals surface area contributed by atoms with Crippen molar-refractivity contribution in [2.24, 2.45) is 5.73 Å². The molecule has 1 atom stereocenters. The van der Waals surface area contributed by atoms with Gasteiger partial charge >= 0.3 is 5.97 Å². The van der Waals surface area contributed by atoms with E-state index in [4.69, 9.17) is 10.8 Å². The van der Waals surface area contributed by atoms with Crippen molar-refractivity contribution in [1.82, 2.24) is 0 Å². The van der Waals surface area contributed by atoms with Gasteiger partial charge in [-0.25, -0.2) is 0 Å². The van der Waals surface area contributed by atoms with Gasteiger partial charge < -0.3 is 10.8 Å². The van der Waals surface area contributed by atoms with E-state index in [1.165, 1.54) is 0 Å². The Morgan fingerprint density at radius 3 is 2.80 bits per heavy atom. The number of aliphatic carboxylic acids is 1. The summed E-state index contributed by atoms with van der Waals surface area (Å²) >= 11 is 4.56. The Bertz CT molecular complexity index is 127. The Labute approximate surface area is 65.2 Å². The fourth-order valence-corrected chi connectivity index (χ4v) is 0.745. The maximum absolute atomic E-state index is 10.1. The predicted molar refractivity (Wildman–Crippen MR) is 43.1 cm³/mol. The average molecular weight is 161 g/mol. The molecule has 3 N–H and O–H groups in total. The first-order valence-electron chi connectivity index (χ1n) is 3.08. The van der Waals surface area contributed by atoms with Crippen molar-refractivity contribution in [1.29, 1.82) is 0 Å². The molecule has 0 spiro atoms. The van der Waals surface area contributed by atoms with Gasteiger partial charge in [0.15, 0.2) is 0 Å². The molecule has 0 aliphatic carbocycles. The van der Waals surface area contributed by atoms with E-state index in [-0.39, 0.29) is 12.5 Å². The third-order valence-corrected chi connectivity index (χ3v) is 1.33. The zero-order chi connectivity index (χ0) is 7.98. The number of nitrogens with two attached hydrogens (primary N) is 1. The van der Waals surface area contributed by atoms with Crippen LogP contribution in [0.4, 0.5) is 0 Å². The van der Waals surface area contributed by atoms with Gasteiger partial charge in [0.2, 0.25) is 0 Å². The molecule has 0 aliphatic rings. The number of carboxylic acid groups (broad SMARTS) is 1. The Morgan fingerprint density at radius 1 is 1.80 bits per heavy atom. The average Bonchev–Trinajstić information content (AvgIpc) is 1.82. The first-order valence-corrected chi connectivity index (χ1v) is 3.55. The summed E-state index contributed by atoms with van der Waals surface area (Å²) in [4.78, 5) is 10.1. The molecule has 0 fully saturated rings. The van der Waals surface area contributed by atoms with Crippen LogP contribution in [0.3, 0.4) is 0 Å². The van der Waals surface area contributed by atoms with Gasteiger partial charge in [0.25, 0.3) is 0 Å². The summed E-state index contributed by atoms with van der Waals surface area (Å²) in [6.45, 7) is 0. The summed E-state index contributed by atoms with van der Waals surface area (Å²) in [6.07, 6.45) is 1.41. The SMILES string of the molecule is NC(CCC=S)CC(=O)O. The molecule has 1 unspecified atom stereocenters. The molecule has 4 heteroatoms. The van der Waals surface area contributed by atoms with E-state index in [1.807, 2.05) is 0 Å². The molecule has 0 amide bonds. The summed E-state index contributed by atoms with van der Waals surface area (Å²) < 4.78 is 0. The maximum atomic E-state index is 10.1. The third-order valence-electron chi connectivity index (χ3n) is 1.09. The van der Waals surface area contributed by atoms with Gasteiger partial charge in [-0.05, 0) is 18.2 Å².